The molecule has 22 heavy (non-hydrogen) atoms. The molecule has 0 amide bonds. The van der Waals surface area contributed by atoms with Crippen LogP contribution in [0.2, 0.25) is 0 Å². The van der Waals surface area contributed by atoms with Gasteiger partial charge in [-0.25, -0.2) is 4.99 Å². The molecule has 0 aromatic heterocycles. The van der Waals surface area contributed by atoms with Gasteiger partial charge in [-0.3, -0.25) is 0 Å². The highest BCUT2D eigenvalue weighted by Gasteiger charge is 2.30. The van der Waals surface area contributed by atoms with Crippen LogP contribution in [0.25, 0.3) is 0 Å². The number of guanidine groups is 1. The Bertz CT molecular complexity index is 573. The fourth-order valence-electron chi connectivity index (χ4n) is 1.63. The first-order valence-electron chi connectivity index (χ1n) is 6.54. The van der Waals surface area contributed by atoms with E-state index in [9.17, 15) is 13.2 Å². The normalized spacial score (nSPS) is 13.2. The summed E-state index contributed by atoms with van der Waals surface area (Å²) in [5, 5.41) is 2.89. The van der Waals surface area contributed by atoms with Crippen molar-refractivity contribution < 1.29 is 17.9 Å². The van der Waals surface area contributed by atoms with Gasteiger partial charge in [-0.05, 0) is 25.1 Å². The van der Waals surface area contributed by atoms with Crippen LogP contribution in [-0.4, -0.2) is 32.3 Å². The summed E-state index contributed by atoms with van der Waals surface area (Å²) in [7, 11) is 1.58. The molecule has 1 aromatic carbocycles. The predicted molar refractivity (Wildman–Crippen MR) is 79.3 cm³/mol. The van der Waals surface area contributed by atoms with E-state index in [-0.39, 0.29) is 24.1 Å². The highest BCUT2D eigenvalue weighted by molar-refractivity contribution is 5.78. The summed E-state index contributed by atoms with van der Waals surface area (Å²) in [6.07, 6.45) is -4.37. The summed E-state index contributed by atoms with van der Waals surface area (Å²) in [4.78, 5) is 3.96. The van der Waals surface area contributed by atoms with Crippen molar-refractivity contribution in [2.45, 2.75) is 19.1 Å². The summed E-state index contributed by atoms with van der Waals surface area (Å²) in [5.74, 6) is 5.50. The Morgan fingerprint density at radius 2 is 2.18 bits per heavy atom. The van der Waals surface area contributed by atoms with E-state index in [0.717, 1.165) is 12.1 Å². The van der Waals surface area contributed by atoms with Crippen LogP contribution in [0.3, 0.4) is 0 Å². The quantitative estimate of drug-likeness (QED) is 0.508. The number of alkyl halides is 3. The van der Waals surface area contributed by atoms with E-state index in [1.165, 1.54) is 12.1 Å². The number of benzene rings is 1. The zero-order chi connectivity index (χ0) is 16.6. The molecule has 7 heteroatoms. The second kappa shape index (κ2) is 8.29. The van der Waals surface area contributed by atoms with Crippen LogP contribution < -0.4 is 11.1 Å². The molecule has 0 spiro atoms. The largest absolute Gasteiger partial charge is 0.416 e. The predicted octanol–water partition coefficient (Wildman–Crippen LogP) is 2.00. The fraction of sp³-hybridized carbons (Fsp3) is 0.400. The molecule has 0 aliphatic heterocycles. The number of hydrogen-bond acceptors (Lipinski definition) is 2. The Morgan fingerprint density at radius 1 is 1.45 bits per heavy atom. The number of methoxy groups -OCH3 is 1. The van der Waals surface area contributed by atoms with Gasteiger partial charge in [0.2, 0.25) is 0 Å². The Hall–Kier alpha value is -2.20. The van der Waals surface area contributed by atoms with Crippen LogP contribution in [0.4, 0.5) is 13.2 Å². The van der Waals surface area contributed by atoms with E-state index in [2.05, 4.69) is 22.2 Å². The van der Waals surface area contributed by atoms with Crippen LogP contribution in [-0.2, 0) is 10.9 Å². The third kappa shape index (κ3) is 6.50. The maximum absolute atomic E-state index is 12.5. The standard InChI is InChI=1S/C15H18F3N3O/c1-11(10-22-2)21-14(19)20-8-4-6-12-5-3-7-13(9-12)15(16,17)18/h3,5,7,9,11H,8,10H2,1-2H3,(H3,19,20,21). The van der Waals surface area contributed by atoms with Gasteiger partial charge >= 0.3 is 6.18 Å². The molecule has 0 radical (unpaired) electrons. The first-order chi connectivity index (χ1) is 10.3. The highest BCUT2D eigenvalue weighted by Crippen LogP contribution is 2.29. The van der Waals surface area contributed by atoms with Gasteiger partial charge in [0.15, 0.2) is 5.96 Å². The summed E-state index contributed by atoms with van der Waals surface area (Å²) in [5.41, 5.74) is 5.19. The second-order valence-corrected chi connectivity index (χ2v) is 4.58. The third-order valence-electron chi connectivity index (χ3n) is 2.56. The van der Waals surface area contributed by atoms with Crippen LogP contribution in [0.5, 0.6) is 0 Å². The molecule has 120 valence electrons. The minimum Gasteiger partial charge on any atom is -0.383 e. The number of hydrogen-bond donors (Lipinski definition) is 2. The number of nitrogens with two attached hydrogens (primary N) is 1. The van der Waals surface area contributed by atoms with E-state index < -0.39 is 11.7 Å². The average molecular weight is 313 g/mol. The van der Waals surface area contributed by atoms with Gasteiger partial charge in [0.25, 0.3) is 0 Å². The second-order valence-electron chi connectivity index (χ2n) is 4.58. The van der Waals surface area contributed by atoms with E-state index in [1.54, 1.807) is 7.11 Å². The summed E-state index contributed by atoms with van der Waals surface area (Å²) < 4.78 is 42.6. The molecule has 1 rings (SSSR count). The van der Waals surface area contributed by atoms with Crippen LogP contribution >= 0.6 is 0 Å². The van der Waals surface area contributed by atoms with E-state index >= 15 is 0 Å². The zero-order valence-corrected chi connectivity index (χ0v) is 12.4. The van der Waals surface area contributed by atoms with Crippen molar-refractivity contribution in [1.29, 1.82) is 0 Å². The van der Waals surface area contributed by atoms with Gasteiger partial charge < -0.3 is 15.8 Å². The summed E-state index contributed by atoms with van der Waals surface area (Å²) in [6, 6.07) is 4.83. The van der Waals surface area contributed by atoms with E-state index in [0.29, 0.717) is 6.61 Å². The molecular formula is C15H18F3N3O. The van der Waals surface area contributed by atoms with E-state index in [1.807, 2.05) is 6.92 Å². The summed E-state index contributed by atoms with van der Waals surface area (Å²) in [6.45, 7) is 2.45. The Kier molecular flexibility index (Phi) is 6.73. The van der Waals surface area contributed by atoms with Crippen molar-refractivity contribution >= 4 is 5.96 Å². The van der Waals surface area contributed by atoms with Gasteiger partial charge in [0.1, 0.15) is 6.54 Å². The highest BCUT2D eigenvalue weighted by atomic mass is 19.4. The van der Waals surface area contributed by atoms with Crippen molar-refractivity contribution in [3.8, 4) is 11.8 Å². The summed E-state index contributed by atoms with van der Waals surface area (Å²) >= 11 is 0. The maximum atomic E-state index is 12.5. The lowest BCUT2D eigenvalue weighted by Crippen LogP contribution is -2.40. The van der Waals surface area contributed by atoms with Gasteiger partial charge in [-0.2, -0.15) is 13.2 Å². The van der Waals surface area contributed by atoms with Crippen LogP contribution in [0.15, 0.2) is 29.3 Å². The number of halogens is 3. The molecule has 1 unspecified atom stereocenters. The van der Waals surface area contributed by atoms with Crippen molar-refractivity contribution in [3.63, 3.8) is 0 Å². The van der Waals surface area contributed by atoms with Crippen molar-refractivity contribution in [2.75, 3.05) is 20.3 Å². The molecule has 0 heterocycles. The number of aliphatic imine (C=N–C) groups is 1. The monoisotopic (exact) mass is 313 g/mol. The minimum atomic E-state index is -4.37. The molecule has 1 aromatic rings. The topological polar surface area (TPSA) is 59.6 Å². The molecule has 0 fully saturated rings. The first-order valence-corrected chi connectivity index (χ1v) is 6.54. The smallest absolute Gasteiger partial charge is 0.383 e. The molecule has 1 atom stereocenters. The number of ether oxygens (including phenoxy) is 1. The molecule has 0 saturated carbocycles. The SMILES string of the molecule is COCC(C)NC(N)=NCC#Cc1cccc(C(F)(F)F)c1. The molecule has 4 nitrogen and oxygen atoms in total. The van der Waals surface area contributed by atoms with Crippen molar-refractivity contribution in [1.82, 2.24) is 5.32 Å². The molecule has 0 aliphatic rings. The molecule has 0 aliphatic carbocycles. The lowest BCUT2D eigenvalue weighted by molar-refractivity contribution is -0.137. The average Bonchev–Trinajstić information content (AvgIpc) is 2.43. The molecule has 3 N–H and O–H groups in total. The van der Waals surface area contributed by atoms with E-state index in [4.69, 9.17) is 10.5 Å². The first kappa shape index (κ1) is 17.9. The number of rotatable bonds is 4. The van der Waals surface area contributed by atoms with Gasteiger partial charge in [-0.1, -0.05) is 17.9 Å². The Labute approximate surface area is 127 Å². The zero-order valence-electron chi connectivity index (χ0n) is 12.4. The fourth-order valence-corrected chi connectivity index (χ4v) is 1.63. The van der Waals surface area contributed by atoms with Gasteiger partial charge in [-0.15, -0.1) is 0 Å². The van der Waals surface area contributed by atoms with Gasteiger partial charge in [0.05, 0.1) is 12.2 Å². The third-order valence-corrected chi connectivity index (χ3v) is 2.56. The number of nitrogens with one attached hydrogen (secondary N) is 1. The van der Waals surface area contributed by atoms with Crippen molar-refractivity contribution in [2.24, 2.45) is 10.7 Å². The molecule has 0 bridgehead atoms. The minimum absolute atomic E-state index is 0.00479. The number of nitrogens with zero attached hydrogens (tertiary/aromatic N) is 1. The molecular weight excluding hydrogens is 295 g/mol. The molecule has 0 saturated heterocycles. The van der Waals surface area contributed by atoms with Crippen molar-refractivity contribution in [3.05, 3.63) is 35.4 Å². The Balaban J connectivity index is 2.61. The van der Waals surface area contributed by atoms with Crippen LogP contribution in [0, 0.1) is 11.8 Å². The van der Waals surface area contributed by atoms with Crippen LogP contribution in [0.1, 0.15) is 18.1 Å². The Morgan fingerprint density at radius 3 is 2.82 bits per heavy atom. The van der Waals surface area contributed by atoms with Gasteiger partial charge in [0, 0.05) is 18.7 Å². The lowest BCUT2D eigenvalue weighted by atomic mass is 10.1. The maximum Gasteiger partial charge on any atom is 0.416 e. The lowest BCUT2D eigenvalue weighted by Gasteiger charge is -2.12.